The largest absolute Gasteiger partial charge is 0.481 e. The van der Waals surface area contributed by atoms with Gasteiger partial charge in [-0.3, -0.25) is 4.79 Å². The van der Waals surface area contributed by atoms with E-state index in [9.17, 15) is 4.79 Å². The zero-order chi connectivity index (χ0) is 11.6. The Morgan fingerprint density at radius 2 is 2.31 bits per heavy atom. The van der Waals surface area contributed by atoms with Gasteiger partial charge in [-0.2, -0.15) is 0 Å². The lowest BCUT2D eigenvalue weighted by Gasteiger charge is -2.42. The number of ether oxygens (including phenoxy) is 1. The van der Waals surface area contributed by atoms with Gasteiger partial charge < -0.3 is 9.84 Å². The van der Waals surface area contributed by atoms with Gasteiger partial charge in [0.25, 0.3) is 0 Å². The van der Waals surface area contributed by atoms with Gasteiger partial charge in [0.1, 0.15) is 0 Å². The predicted octanol–water partition coefficient (Wildman–Crippen LogP) is 2.93. The lowest BCUT2D eigenvalue weighted by molar-refractivity contribution is -0.165. The molecule has 1 N–H and O–H groups in total. The second-order valence-corrected chi connectivity index (χ2v) is 4.91. The van der Waals surface area contributed by atoms with Crippen molar-refractivity contribution >= 4 is 21.9 Å². The summed E-state index contributed by atoms with van der Waals surface area (Å²) in [6.07, 6.45) is 1.59. The van der Waals surface area contributed by atoms with Crippen LogP contribution in [-0.4, -0.2) is 17.7 Å². The molecule has 1 aromatic carbocycles. The Labute approximate surface area is 103 Å². The summed E-state index contributed by atoms with van der Waals surface area (Å²) < 4.78 is 6.62. The van der Waals surface area contributed by atoms with Crippen molar-refractivity contribution in [2.75, 3.05) is 6.61 Å². The van der Waals surface area contributed by atoms with Crippen LogP contribution < -0.4 is 0 Å². The van der Waals surface area contributed by atoms with Crippen LogP contribution in [0.25, 0.3) is 0 Å². The summed E-state index contributed by atoms with van der Waals surface area (Å²) in [5.41, 5.74) is 0.691. The molecule has 1 atom stereocenters. The first kappa shape index (κ1) is 11.6. The number of benzene rings is 1. The number of carboxylic acid groups (broad SMARTS) is 1. The van der Waals surface area contributed by atoms with E-state index in [-0.39, 0.29) is 12.0 Å². The van der Waals surface area contributed by atoms with Crippen molar-refractivity contribution in [2.24, 2.45) is 0 Å². The molecule has 16 heavy (non-hydrogen) atoms. The molecule has 3 nitrogen and oxygen atoms in total. The maximum atomic E-state index is 10.6. The van der Waals surface area contributed by atoms with Crippen LogP contribution in [0.4, 0.5) is 0 Å². The molecule has 1 fully saturated rings. The van der Waals surface area contributed by atoms with Crippen LogP contribution in [-0.2, 0) is 15.1 Å². The van der Waals surface area contributed by atoms with E-state index < -0.39 is 5.97 Å². The molecule has 0 aliphatic carbocycles. The number of hydrogen-bond acceptors (Lipinski definition) is 2. The van der Waals surface area contributed by atoms with Gasteiger partial charge >= 0.3 is 5.97 Å². The molecule has 1 saturated heterocycles. The van der Waals surface area contributed by atoms with Crippen LogP contribution in [0.3, 0.4) is 0 Å². The van der Waals surface area contributed by atoms with Crippen molar-refractivity contribution < 1.29 is 14.6 Å². The minimum absolute atomic E-state index is 0.145. The van der Waals surface area contributed by atoms with Crippen LogP contribution >= 0.6 is 15.9 Å². The van der Waals surface area contributed by atoms with E-state index in [2.05, 4.69) is 15.9 Å². The maximum Gasteiger partial charge on any atom is 0.303 e. The van der Waals surface area contributed by atoms with Gasteiger partial charge in [-0.25, -0.2) is 0 Å². The number of aliphatic carboxylic acids is 1. The summed E-state index contributed by atoms with van der Waals surface area (Å²) in [6, 6.07) is 7.89. The fraction of sp³-hybridized carbons (Fsp3) is 0.417. The Kier molecular flexibility index (Phi) is 3.30. The molecule has 0 spiro atoms. The molecule has 0 saturated carbocycles. The third-order valence-corrected chi connectivity index (χ3v) is 3.47. The second-order valence-electron chi connectivity index (χ2n) is 4.00. The Bertz CT molecular complexity index is 399. The molecule has 4 heteroatoms. The van der Waals surface area contributed by atoms with Crippen LogP contribution in [0.15, 0.2) is 28.7 Å². The van der Waals surface area contributed by atoms with Gasteiger partial charge in [-0.15, -0.1) is 0 Å². The Hall–Kier alpha value is -0.870. The average molecular weight is 285 g/mol. The molecule has 0 radical (unpaired) electrons. The fourth-order valence-corrected chi connectivity index (χ4v) is 2.40. The van der Waals surface area contributed by atoms with Crippen LogP contribution in [0.5, 0.6) is 0 Å². The van der Waals surface area contributed by atoms with Crippen LogP contribution in [0.2, 0.25) is 0 Å². The molecular weight excluding hydrogens is 272 g/mol. The van der Waals surface area contributed by atoms with Crippen LogP contribution in [0.1, 0.15) is 24.8 Å². The molecule has 1 unspecified atom stereocenters. The van der Waals surface area contributed by atoms with Crippen LogP contribution in [0, 0.1) is 0 Å². The Morgan fingerprint density at radius 1 is 1.56 bits per heavy atom. The highest BCUT2D eigenvalue weighted by atomic mass is 79.9. The van der Waals surface area contributed by atoms with E-state index in [0.717, 1.165) is 16.5 Å². The zero-order valence-electron chi connectivity index (χ0n) is 8.78. The van der Waals surface area contributed by atoms with Crippen molar-refractivity contribution in [1.29, 1.82) is 0 Å². The Balaban J connectivity index is 2.17. The molecular formula is C12H13BrO3. The van der Waals surface area contributed by atoms with Gasteiger partial charge in [0.05, 0.1) is 12.2 Å². The molecule has 1 heterocycles. The van der Waals surface area contributed by atoms with E-state index >= 15 is 0 Å². The van der Waals surface area contributed by atoms with Crippen molar-refractivity contribution in [3.8, 4) is 0 Å². The lowest BCUT2D eigenvalue weighted by atomic mass is 9.82. The fourth-order valence-electron chi connectivity index (χ4n) is 2.00. The molecule has 2 rings (SSSR count). The van der Waals surface area contributed by atoms with Crippen molar-refractivity contribution in [3.05, 3.63) is 34.3 Å². The van der Waals surface area contributed by atoms with Crippen molar-refractivity contribution in [1.82, 2.24) is 0 Å². The lowest BCUT2D eigenvalue weighted by Crippen LogP contribution is -2.41. The third-order valence-electron chi connectivity index (χ3n) is 2.98. The smallest absolute Gasteiger partial charge is 0.303 e. The average Bonchev–Trinajstić information content (AvgIpc) is 2.15. The second kappa shape index (κ2) is 4.55. The summed E-state index contributed by atoms with van der Waals surface area (Å²) in [6.45, 7) is 0.714. The highest BCUT2D eigenvalue weighted by Crippen LogP contribution is 2.42. The molecule has 1 aliphatic rings. The van der Waals surface area contributed by atoms with Gasteiger partial charge in [0.15, 0.2) is 0 Å². The first-order valence-corrected chi connectivity index (χ1v) is 6.03. The number of carbonyl (C=O) groups is 1. The minimum Gasteiger partial charge on any atom is -0.481 e. The maximum absolute atomic E-state index is 10.6. The molecule has 86 valence electrons. The summed E-state index contributed by atoms with van der Waals surface area (Å²) >= 11 is 3.42. The summed E-state index contributed by atoms with van der Waals surface area (Å²) in [5.74, 6) is -0.773. The molecule has 1 aromatic rings. The van der Waals surface area contributed by atoms with Gasteiger partial charge in [0.2, 0.25) is 0 Å². The van der Waals surface area contributed by atoms with E-state index in [4.69, 9.17) is 9.84 Å². The topological polar surface area (TPSA) is 46.5 Å². The highest BCUT2D eigenvalue weighted by Gasteiger charge is 2.40. The Morgan fingerprint density at radius 3 is 2.81 bits per heavy atom. The number of hydrogen-bond donors (Lipinski definition) is 1. The van der Waals surface area contributed by atoms with E-state index in [1.54, 1.807) is 0 Å². The molecule has 0 bridgehead atoms. The summed E-state index contributed by atoms with van der Waals surface area (Å²) in [7, 11) is 0. The standard InChI is InChI=1S/C12H13BrO3/c13-10-3-1-2-9(8-10)12(6-7-16-12)5-4-11(14)15/h1-3,8H,4-7H2,(H,14,15). The third kappa shape index (κ3) is 2.28. The number of rotatable bonds is 4. The monoisotopic (exact) mass is 284 g/mol. The van der Waals surface area contributed by atoms with E-state index in [1.807, 2.05) is 24.3 Å². The van der Waals surface area contributed by atoms with Crippen molar-refractivity contribution in [2.45, 2.75) is 24.9 Å². The van der Waals surface area contributed by atoms with Gasteiger partial charge in [0, 0.05) is 17.3 Å². The quantitative estimate of drug-likeness (QED) is 0.925. The molecule has 1 aliphatic heterocycles. The minimum atomic E-state index is -0.773. The summed E-state index contributed by atoms with van der Waals surface area (Å²) in [4.78, 5) is 10.6. The van der Waals surface area contributed by atoms with Crippen molar-refractivity contribution in [3.63, 3.8) is 0 Å². The normalized spacial score (nSPS) is 23.8. The van der Waals surface area contributed by atoms with Gasteiger partial charge in [-0.1, -0.05) is 28.1 Å². The number of halogens is 1. The predicted molar refractivity (Wildman–Crippen MR) is 63.3 cm³/mol. The first-order valence-electron chi connectivity index (χ1n) is 5.24. The van der Waals surface area contributed by atoms with Gasteiger partial charge in [-0.05, 0) is 24.1 Å². The SMILES string of the molecule is O=C(O)CCC1(c2cccc(Br)c2)CCO1. The zero-order valence-corrected chi connectivity index (χ0v) is 10.4. The summed E-state index contributed by atoms with van der Waals surface area (Å²) in [5, 5.41) is 8.73. The first-order chi connectivity index (χ1) is 7.62. The highest BCUT2D eigenvalue weighted by molar-refractivity contribution is 9.10. The molecule has 0 amide bonds. The number of carboxylic acids is 1. The molecule has 0 aromatic heterocycles. The van der Waals surface area contributed by atoms with E-state index in [1.165, 1.54) is 0 Å². The van der Waals surface area contributed by atoms with E-state index in [0.29, 0.717) is 13.0 Å².